The number of hydrogen-bond donors (Lipinski definition) is 2. The smallest absolute Gasteiger partial charge is 0.321 e. The van der Waals surface area contributed by atoms with Crippen LogP contribution in [0.1, 0.15) is 44.7 Å². The fraction of sp³-hybridized carbons (Fsp3) is 0.333. The summed E-state index contributed by atoms with van der Waals surface area (Å²) in [6.07, 6.45) is 1.57. The summed E-state index contributed by atoms with van der Waals surface area (Å²) >= 11 is 1.31. The van der Waals surface area contributed by atoms with Gasteiger partial charge in [-0.1, -0.05) is 23.5 Å². The molecule has 172 valence electrons. The number of rotatable bonds is 5. The van der Waals surface area contributed by atoms with Gasteiger partial charge in [-0.3, -0.25) is 4.79 Å². The molecule has 1 aliphatic heterocycles. The number of aryl methyl sites for hydroxylation is 1. The van der Waals surface area contributed by atoms with Crippen LogP contribution >= 0.6 is 11.3 Å². The van der Waals surface area contributed by atoms with Crippen molar-refractivity contribution in [3.05, 3.63) is 63.6 Å². The molecule has 0 saturated carbocycles. The number of nitrogens with one attached hydrogen (secondary N) is 2. The largest absolute Gasteiger partial charge is 0.497 e. The maximum atomic E-state index is 12.7. The van der Waals surface area contributed by atoms with Crippen molar-refractivity contribution in [2.75, 3.05) is 30.8 Å². The Hall–Kier alpha value is -3.46. The van der Waals surface area contributed by atoms with Gasteiger partial charge in [0.05, 0.1) is 7.11 Å². The van der Waals surface area contributed by atoms with Gasteiger partial charge in [0.25, 0.3) is 5.91 Å². The lowest BCUT2D eigenvalue weighted by atomic mass is 9.98. The number of piperidine rings is 1. The third-order valence-electron chi connectivity index (χ3n) is 5.96. The van der Waals surface area contributed by atoms with Crippen LogP contribution in [0.3, 0.4) is 0 Å². The zero-order valence-electron chi connectivity index (χ0n) is 18.9. The fourth-order valence-electron chi connectivity index (χ4n) is 3.76. The van der Waals surface area contributed by atoms with Crippen LogP contribution in [0.15, 0.2) is 42.5 Å². The van der Waals surface area contributed by atoms with E-state index in [1.165, 1.54) is 11.3 Å². The number of aromatic nitrogens is 2. The molecule has 3 amide bonds. The second-order valence-electron chi connectivity index (χ2n) is 8.07. The van der Waals surface area contributed by atoms with Crippen LogP contribution in [0.5, 0.6) is 5.75 Å². The summed E-state index contributed by atoms with van der Waals surface area (Å²) in [5.41, 5.74) is 3.74. The van der Waals surface area contributed by atoms with Gasteiger partial charge < -0.3 is 20.3 Å². The van der Waals surface area contributed by atoms with Crippen molar-refractivity contribution in [1.29, 1.82) is 0 Å². The third kappa shape index (κ3) is 5.31. The van der Waals surface area contributed by atoms with Gasteiger partial charge in [0.2, 0.25) is 5.01 Å². The van der Waals surface area contributed by atoms with Crippen molar-refractivity contribution in [2.24, 2.45) is 0 Å². The molecule has 0 radical (unpaired) electrons. The Morgan fingerprint density at radius 3 is 2.45 bits per heavy atom. The van der Waals surface area contributed by atoms with Crippen molar-refractivity contribution in [1.82, 2.24) is 15.1 Å². The molecule has 0 spiro atoms. The number of carbonyl (C=O) groups excluding carboxylic acids is 2. The molecule has 2 N–H and O–H groups in total. The first-order chi connectivity index (χ1) is 15.9. The molecule has 0 aliphatic carbocycles. The molecular weight excluding hydrogens is 438 g/mol. The van der Waals surface area contributed by atoms with E-state index < -0.39 is 0 Å². The third-order valence-corrected chi connectivity index (χ3v) is 7.04. The summed E-state index contributed by atoms with van der Waals surface area (Å²) in [4.78, 5) is 27.1. The summed E-state index contributed by atoms with van der Waals surface area (Å²) in [5, 5.41) is 15.4. The highest BCUT2D eigenvalue weighted by Crippen LogP contribution is 2.31. The molecule has 4 rings (SSSR count). The molecule has 0 bridgehead atoms. The van der Waals surface area contributed by atoms with Gasteiger partial charge in [-0.05, 0) is 68.1 Å². The second kappa shape index (κ2) is 9.99. The van der Waals surface area contributed by atoms with E-state index in [0.29, 0.717) is 23.8 Å². The normalized spacial score (nSPS) is 14.1. The van der Waals surface area contributed by atoms with E-state index in [4.69, 9.17) is 4.74 Å². The summed E-state index contributed by atoms with van der Waals surface area (Å²) in [6, 6.07) is 12.9. The predicted octanol–water partition coefficient (Wildman–Crippen LogP) is 4.83. The molecule has 1 aromatic heterocycles. The summed E-state index contributed by atoms with van der Waals surface area (Å²) < 4.78 is 5.13. The van der Waals surface area contributed by atoms with Crippen LogP contribution < -0.4 is 15.4 Å². The number of carbonyl (C=O) groups is 2. The number of anilines is 2. The molecule has 1 saturated heterocycles. The molecule has 1 aliphatic rings. The topological polar surface area (TPSA) is 96.4 Å². The number of ether oxygens (including phenoxy) is 1. The second-order valence-corrected chi connectivity index (χ2v) is 9.08. The van der Waals surface area contributed by atoms with Crippen molar-refractivity contribution < 1.29 is 14.3 Å². The van der Waals surface area contributed by atoms with E-state index >= 15 is 0 Å². The van der Waals surface area contributed by atoms with Crippen molar-refractivity contribution >= 4 is 34.6 Å². The lowest BCUT2D eigenvalue weighted by Gasteiger charge is -2.31. The van der Waals surface area contributed by atoms with Gasteiger partial charge in [-0.25, -0.2) is 4.79 Å². The SMILES string of the molecule is COc1ccc(NC(=O)c2nnc(C3CCN(C(=O)Nc4cccc(C)c4C)CC3)s2)cc1. The minimum Gasteiger partial charge on any atom is -0.497 e. The molecule has 33 heavy (non-hydrogen) atoms. The monoisotopic (exact) mass is 465 g/mol. The van der Waals surface area contributed by atoms with Crippen LogP contribution in [0, 0.1) is 13.8 Å². The zero-order chi connectivity index (χ0) is 23.4. The van der Waals surface area contributed by atoms with Crippen LogP contribution in [-0.2, 0) is 0 Å². The number of nitrogens with zero attached hydrogens (tertiary/aromatic N) is 3. The highest BCUT2D eigenvalue weighted by molar-refractivity contribution is 7.13. The molecule has 1 fully saturated rings. The van der Waals surface area contributed by atoms with Crippen molar-refractivity contribution in [2.45, 2.75) is 32.6 Å². The lowest BCUT2D eigenvalue weighted by Crippen LogP contribution is -2.40. The quantitative estimate of drug-likeness (QED) is 0.563. The van der Waals surface area contributed by atoms with Crippen LogP contribution in [0.25, 0.3) is 0 Å². The van der Waals surface area contributed by atoms with Crippen LogP contribution in [0.4, 0.5) is 16.2 Å². The molecule has 8 nitrogen and oxygen atoms in total. The number of methoxy groups -OCH3 is 1. The Bertz CT molecular complexity index is 1140. The number of likely N-dealkylation sites (tertiary alicyclic amines) is 1. The first kappa shape index (κ1) is 22.7. The zero-order valence-corrected chi connectivity index (χ0v) is 19.7. The van der Waals surface area contributed by atoms with Gasteiger partial charge in [-0.2, -0.15) is 0 Å². The fourth-order valence-corrected chi connectivity index (χ4v) is 4.67. The molecule has 0 atom stereocenters. The van der Waals surface area contributed by atoms with E-state index in [-0.39, 0.29) is 17.9 Å². The molecule has 0 unspecified atom stereocenters. The highest BCUT2D eigenvalue weighted by atomic mass is 32.1. The van der Waals surface area contributed by atoms with E-state index in [2.05, 4.69) is 20.8 Å². The number of benzene rings is 2. The van der Waals surface area contributed by atoms with Gasteiger partial charge >= 0.3 is 6.03 Å². The first-order valence-corrected chi connectivity index (χ1v) is 11.7. The lowest BCUT2D eigenvalue weighted by molar-refractivity contribution is 0.102. The Kier molecular flexibility index (Phi) is 6.88. The Morgan fingerprint density at radius 2 is 1.76 bits per heavy atom. The minimum atomic E-state index is -0.283. The van der Waals surface area contributed by atoms with Crippen LogP contribution in [-0.4, -0.2) is 47.2 Å². The maximum Gasteiger partial charge on any atom is 0.321 e. The molecule has 2 heterocycles. The van der Waals surface area contributed by atoms with Crippen molar-refractivity contribution in [3.63, 3.8) is 0 Å². The molecule has 2 aromatic carbocycles. The molecule has 3 aromatic rings. The van der Waals surface area contributed by atoms with E-state index in [1.807, 2.05) is 36.9 Å². The number of urea groups is 1. The van der Waals surface area contributed by atoms with Gasteiger partial charge in [0, 0.05) is 30.4 Å². The summed E-state index contributed by atoms with van der Waals surface area (Å²) in [7, 11) is 1.60. The molecule has 9 heteroatoms. The number of hydrogen-bond acceptors (Lipinski definition) is 6. The van der Waals surface area contributed by atoms with Gasteiger partial charge in [-0.15, -0.1) is 10.2 Å². The van der Waals surface area contributed by atoms with E-state index in [1.54, 1.807) is 31.4 Å². The van der Waals surface area contributed by atoms with Crippen LogP contribution in [0.2, 0.25) is 0 Å². The Balaban J connectivity index is 1.31. The summed E-state index contributed by atoms with van der Waals surface area (Å²) in [5.74, 6) is 0.629. The van der Waals surface area contributed by atoms with Gasteiger partial charge in [0.1, 0.15) is 10.8 Å². The Morgan fingerprint density at radius 1 is 1.03 bits per heavy atom. The average molecular weight is 466 g/mol. The van der Waals surface area contributed by atoms with Crippen molar-refractivity contribution in [3.8, 4) is 5.75 Å². The summed E-state index contributed by atoms with van der Waals surface area (Å²) in [6.45, 7) is 5.31. The molecular formula is C24H27N5O3S. The first-order valence-electron chi connectivity index (χ1n) is 10.9. The van der Waals surface area contributed by atoms with E-state index in [0.717, 1.165) is 40.4 Å². The number of amides is 3. The maximum absolute atomic E-state index is 12.7. The predicted molar refractivity (Wildman–Crippen MR) is 129 cm³/mol. The minimum absolute atomic E-state index is 0.0843. The van der Waals surface area contributed by atoms with E-state index in [9.17, 15) is 9.59 Å². The average Bonchev–Trinajstić information content (AvgIpc) is 3.33. The highest BCUT2D eigenvalue weighted by Gasteiger charge is 2.27. The Labute approximate surface area is 197 Å². The standard InChI is InChI=1S/C24H27N5O3S/c1-15-5-4-6-20(16(15)2)26-24(31)29-13-11-17(12-14-29)22-27-28-23(33-22)21(30)25-18-7-9-19(32-3)10-8-18/h4-10,17H,11-14H2,1-3H3,(H,25,30)(H,26,31). The van der Waals surface area contributed by atoms with Gasteiger partial charge in [0.15, 0.2) is 0 Å².